The highest BCUT2D eigenvalue weighted by atomic mass is 32.1. The Labute approximate surface area is 144 Å². The zero-order valence-corrected chi connectivity index (χ0v) is 14.1. The zero-order chi connectivity index (χ0) is 16.5. The summed E-state index contributed by atoms with van der Waals surface area (Å²) in [6.45, 7) is 0.532. The first kappa shape index (κ1) is 15.6. The van der Waals surface area contributed by atoms with Gasteiger partial charge in [0.25, 0.3) is 5.91 Å². The molecule has 4 nitrogen and oxygen atoms in total. The Hall–Kier alpha value is -1.95. The third-order valence-corrected chi connectivity index (χ3v) is 5.75. The lowest BCUT2D eigenvalue weighted by Gasteiger charge is -2.10. The Balaban J connectivity index is 1.30. The fourth-order valence-corrected chi connectivity index (χ4v) is 4.45. The fraction of sp³-hybridized carbons (Fsp3) is 0.444. The molecule has 126 valence electrons. The monoisotopic (exact) mass is 346 g/mol. The summed E-state index contributed by atoms with van der Waals surface area (Å²) in [6.07, 6.45) is 5.21. The van der Waals surface area contributed by atoms with Crippen LogP contribution >= 0.6 is 11.3 Å². The zero-order valence-electron chi connectivity index (χ0n) is 13.3. The predicted molar refractivity (Wildman–Crippen MR) is 90.0 cm³/mol. The number of ether oxygens (including phenoxy) is 1. The first-order valence-corrected chi connectivity index (χ1v) is 9.21. The predicted octanol–water partition coefficient (Wildman–Crippen LogP) is 2.82. The van der Waals surface area contributed by atoms with Crippen molar-refractivity contribution in [2.24, 2.45) is 0 Å². The Morgan fingerprint density at radius 3 is 3.08 bits per heavy atom. The Morgan fingerprint density at radius 2 is 2.25 bits per heavy atom. The maximum absolute atomic E-state index is 13.6. The van der Waals surface area contributed by atoms with Crippen LogP contribution in [0.15, 0.2) is 18.2 Å². The lowest BCUT2D eigenvalue weighted by atomic mass is 10.0. The van der Waals surface area contributed by atoms with Crippen molar-refractivity contribution in [1.82, 2.24) is 10.3 Å². The number of thiazole rings is 1. The van der Waals surface area contributed by atoms with Crippen LogP contribution in [-0.2, 0) is 30.5 Å². The summed E-state index contributed by atoms with van der Waals surface area (Å²) in [6, 6.07) is 4.79. The van der Waals surface area contributed by atoms with Crippen LogP contribution in [0.5, 0.6) is 5.75 Å². The third kappa shape index (κ3) is 3.02. The van der Waals surface area contributed by atoms with Crippen LogP contribution in [0.25, 0.3) is 0 Å². The van der Waals surface area contributed by atoms with Gasteiger partial charge in [-0.05, 0) is 31.7 Å². The van der Waals surface area contributed by atoms with E-state index >= 15 is 0 Å². The minimum atomic E-state index is -0.638. The van der Waals surface area contributed by atoms with E-state index in [1.54, 1.807) is 23.5 Å². The van der Waals surface area contributed by atoms with E-state index in [1.807, 2.05) is 0 Å². The molecule has 6 heteroatoms. The first-order chi connectivity index (χ1) is 11.7. The molecule has 0 radical (unpaired) electrons. The minimum absolute atomic E-state index is 0.188. The van der Waals surface area contributed by atoms with Gasteiger partial charge in [0, 0.05) is 29.8 Å². The van der Waals surface area contributed by atoms with Gasteiger partial charge in [-0.3, -0.25) is 4.79 Å². The molecule has 2 aromatic rings. The van der Waals surface area contributed by atoms with Gasteiger partial charge < -0.3 is 10.1 Å². The molecule has 1 aliphatic heterocycles. The van der Waals surface area contributed by atoms with Gasteiger partial charge in [0.05, 0.1) is 10.7 Å². The number of halogens is 1. The van der Waals surface area contributed by atoms with Crippen molar-refractivity contribution in [3.8, 4) is 5.75 Å². The molecule has 0 spiro atoms. The Bertz CT molecular complexity index is 751. The summed E-state index contributed by atoms with van der Waals surface area (Å²) in [4.78, 5) is 18.3. The summed E-state index contributed by atoms with van der Waals surface area (Å²) in [5, 5.41) is 3.97. The van der Waals surface area contributed by atoms with Crippen LogP contribution in [-0.4, -0.2) is 23.5 Å². The molecule has 1 unspecified atom stereocenters. The second-order valence-electron chi connectivity index (χ2n) is 6.26. The number of carbonyl (C=O) groups is 1. The highest BCUT2D eigenvalue weighted by Crippen LogP contribution is 2.31. The van der Waals surface area contributed by atoms with E-state index in [0.717, 1.165) is 29.8 Å². The number of fused-ring (bicyclic) bond motifs is 2. The molecule has 1 atom stereocenters. The number of para-hydroxylation sites is 1. The number of aryl methyl sites for hydroxylation is 2. The number of hydrogen-bond acceptors (Lipinski definition) is 4. The van der Waals surface area contributed by atoms with Gasteiger partial charge in [0.1, 0.15) is 0 Å². The molecule has 1 N–H and O–H groups in total. The molecular formula is C18H19FN2O2S. The quantitative estimate of drug-likeness (QED) is 0.926. The molecule has 1 aliphatic carbocycles. The van der Waals surface area contributed by atoms with E-state index in [0.29, 0.717) is 13.0 Å². The van der Waals surface area contributed by atoms with Gasteiger partial charge in [-0.1, -0.05) is 12.1 Å². The molecule has 1 aromatic carbocycles. The molecule has 0 fully saturated rings. The maximum atomic E-state index is 13.6. The van der Waals surface area contributed by atoms with Gasteiger partial charge in [0.2, 0.25) is 0 Å². The molecule has 24 heavy (non-hydrogen) atoms. The highest BCUT2D eigenvalue weighted by Gasteiger charge is 2.30. The number of hydrogen-bond donors (Lipinski definition) is 1. The molecule has 2 heterocycles. The topological polar surface area (TPSA) is 51.2 Å². The van der Waals surface area contributed by atoms with Gasteiger partial charge >= 0.3 is 0 Å². The van der Waals surface area contributed by atoms with Crippen molar-refractivity contribution in [3.63, 3.8) is 0 Å². The van der Waals surface area contributed by atoms with Crippen LogP contribution in [0.1, 0.15) is 34.0 Å². The molecule has 1 aromatic heterocycles. The summed E-state index contributed by atoms with van der Waals surface area (Å²) in [5.41, 5.74) is 2.00. The number of nitrogens with zero attached hydrogens (tertiary/aromatic N) is 1. The van der Waals surface area contributed by atoms with E-state index in [4.69, 9.17) is 4.74 Å². The Kier molecular flexibility index (Phi) is 4.22. The van der Waals surface area contributed by atoms with E-state index in [-0.39, 0.29) is 11.7 Å². The number of aromatic nitrogens is 1. The highest BCUT2D eigenvalue weighted by molar-refractivity contribution is 7.11. The standard InChI is InChI=1S/C18H19FN2O2S/c19-12-5-3-4-11-10-14(23-17(11)12)18(22)20-9-8-16-21-13-6-1-2-7-15(13)24-16/h3-5,14H,1-2,6-10H2,(H,20,22). The second kappa shape index (κ2) is 6.51. The van der Waals surface area contributed by atoms with Crippen molar-refractivity contribution in [3.05, 3.63) is 45.2 Å². The van der Waals surface area contributed by atoms with Gasteiger partial charge in [-0.15, -0.1) is 11.3 Å². The third-order valence-electron chi connectivity index (χ3n) is 4.53. The average Bonchev–Trinajstić information content (AvgIpc) is 3.18. The second-order valence-corrected chi connectivity index (χ2v) is 7.43. The molecular weight excluding hydrogens is 327 g/mol. The lowest BCUT2D eigenvalue weighted by molar-refractivity contribution is -0.127. The summed E-state index contributed by atoms with van der Waals surface area (Å²) < 4.78 is 19.1. The first-order valence-electron chi connectivity index (χ1n) is 8.40. The smallest absolute Gasteiger partial charge is 0.261 e. The van der Waals surface area contributed by atoms with Gasteiger partial charge in [0.15, 0.2) is 17.7 Å². The number of nitrogens with one attached hydrogen (secondary N) is 1. The van der Waals surface area contributed by atoms with E-state index in [2.05, 4.69) is 10.3 Å². The van der Waals surface area contributed by atoms with Crippen LogP contribution in [0, 0.1) is 5.82 Å². The molecule has 1 amide bonds. The minimum Gasteiger partial charge on any atom is -0.477 e. The number of amides is 1. The van der Waals surface area contributed by atoms with E-state index in [9.17, 15) is 9.18 Å². The van der Waals surface area contributed by atoms with Crippen molar-refractivity contribution < 1.29 is 13.9 Å². The van der Waals surface area contributed by atoms with Crippen LogP contribution in [0.3, 0.4) is 0 Å². The average molecular weight is 346 g/mol. The van der Waals surface area contributed by atoms with Crippen LogP contribution < -0.4 is 10.1 Å². The van der Waals surface area contributed by atoms with Gasteiger partial charge in [-0.2, -0.15) is 0 Å². The van der Waals surface area contributed by atoms with Crippen LogP contribution in [0.4, 0.5) is 4.39 Å². The fourth-order valence-electron chi connectivity index (χ4n) is 3.29. The van der Waals surface area contributed by atoms with E-state index < -0.39 is 11.9 Å². The van der Waals surface area contributed by atoms with Crippen molar-refractivity contribution in [2.45, 2.75) is 44.6 Å². The number of carbonyl (C=O) groups excluding carboxylic acids is 1. The molecule has 0 saturated carbocycles. The summed E-state index contributed by atoms with van der Waals surface area (Å²) in [5.74, 6) is -0.381. The number of rotatable bonds is 4. The molecule has 2 aliphatic rings. The molecule has 4 rings (SSSR count). The lowest BCUT2D eigenvalue weighted by Crippen LogP contribution is -2.38. The van der Waals surface area contributed by atoms with Crippen molar-refractivity contribution in [2.75, 3.05) is 6.54 Å². The maximum Gasteiger partial charge on any atom is 0.261 e. The summed E-state index contributed by atoms with van der Waals surface area (Å²) in [7, 11) is 0. The van der Waals surface area contributed by atoms with Crippen LogP contribution in [0.2, 0.25) is 0 Å². The molecule has 0 bridgehead atoms. The summed E-state index contributed by atoms with van der Waals surface area (Å²) >= 11 is 1.77. The van der Waals surface area contributed by atoms with E-state index in [1.165, 1.54) is 29.5 Å². The number of benzene rings is 1. The van der Waals surface area contributed by atoms with Crippen molar-refractivity contribution >= 4 is 17.2 Å². The van der Waals surface area contributed by atoms with Crippen molar-refractivity contribution in [1.29, 1.82) is 0 Å². The largest absolute Gasteiger partial charge is 0.477 e. The molecule has 0 saturated heterocycles. The SMILES string of the molecule is O=C(NCCc1nc2c(s1)CCCC2)C1Cc2cccc(F)c2O1. The van der Waals surface area contributed by atoms with Gasteiger partial charge in [-0.25, -0.2) is 9.37 Å². The normalized spacial score (nSPS) is 18.6. The Morgan fingerprint density at radius 1 is 1.38 bits per heavy atom.